The lowest BCUT2D eigenvalue weighted by atomic mass is 9.81. The zero-order valence-electron chi connectivity index (χ0n) is 28.6. The molecule has 10 rings (SSSR count). The average molecular weight is 651 g/mol. The summed E-state index contributed by atoms with van der Waals surface area (Å²) in [5, 5.41) is 7.26. The molecule has 0 unspecified atom stereocenters. The Labute approximate surface area is 297 Å². The van der Waals surface area contributed by atoms with Crippen LogP contribution < -0.4 is 0 Å². The highest BCUT2D eigenvalue weighted by molar-refractivity contribution is 6.19. The van der Waals surface area contributed by atoms with Crippen molar-refractivity contribution in [2.75, 3.05) is 0 Å². The van der Waals surface area contributed by atoms with Gasteiger partial charge >= 0.3 is 0 Å². The summed E-state index contributed by atoms with van der Waals surface area (Å²) in [5.74, 6) is 0.713. The largest absolute Gasteiger partial charge is 0.228 e. The first-order chi connectivity index (χ1) is 25.0. The lowest BCUT2D eigenvalue weighted by Crippen LogP contribution is -2.14. The van der Waals surface area contributed by atoms with Gasteiger partial charge < -0.3 is 0 Å². The van der Waals surface area contributed by atoms with E-state index in [0.29, 0.717) is 5.82 Å². The second-order valence-corrected chi connectivity index (χ2v) is 14.2. The van der Waals surface area contributed by atoms with Crippen LogP contribution in [0.4, 0.5) is 0 Å². The van der Waals surface area contributed by atoms with Gasteiger partial charge in [0, 0.05) is 22.1 Å². The summed E-state index contributed by atoms with van der Waals surface area (Å²) in [6, 6.07) is 61.2. The highest BCUT2D eigenvalue weighted by Crippen LogP contribution is 2.50. The maximum atomic E-state index is 5.36. The Balaban J connectivity index is 1.23. The molecule has 0 radical (unpaired) electrons. The van der Waals surface area contributed by atoms with Gasteiger partial charge in [0.2, 0.25) is 0 Å². The lowest BCUT2D eigenvalue weighted by molar-refractivity contribution is 0.660. The van der Waals surface area contributed by atoms with Crippen LogP contribution in [0.3, 0.4) is 0 Å². The van der Waals surface area contributed by atoms with E-state index in [4.69, 9.17) is 9.97 Å². The maximum absolute atomic E-state index is 5.36. The summed E-state index contributed by atoms with van der Waals surface area (Å²) in [5.41, 5.74) is 12.7. The van der Waals surface area contributed by atoms with Gasteiger partial charge in [0.1, 0.15) is 0 Å². The van der Waals surface area contributed by atoms with Crippen molar-refractivity contribution in [3.05, 3.63) is 181 Å². The summed E-state index contributed by atoms with van der Waals surface area (Å²) in [7, 11) is 0. The van der Waals surface area contributed by atoms with Gasteiger partial charge in [-0.05, 0) is 83.9 Å². The van der Waals surface area contributed by atoms with Crippen LogP contribution in [0.2, 0.25) is 0 Å². The quantitative estimate of drug-likeness (QED) is 0.140. The van der Waals surface area contributed by atoms with Gasteiger partial charge in [-0.1, -0.05) is 166 Å². The van der Waals surface area contributed by atoms with Gasteiger partial charge in [0.15, 0.2) is 5.82 Å². The normalized spacial score (nSPS) is 13.1. The summed E-state index contributed by atoms with van der Waals surface area (Å²) >= 11 is 0. The Morgan fingerprint density at radius 3 is 1.86 bits per heavy atom. The van der Waals surface area contributed by atoms with Crippen LogP contribution in [0.25, 0.3) is 88.5 Å². The third kappa shape index (κ3) is 4.64. The Bertz CT molecular complexity index is 2830. The Hall–Kier alpha value is -6.38. The van der Waals surface area contributed by atoms with E-state index in [9.17, 15) is 0 Å². The molecule has 0 atom stereocenters. The van der Waals surface area contributed by atoms with E-state index in [0.717, 1.165) is 33.6 Å². The minimum absolute atomic E-state index is 0.0843. The number of fused-ring (bicyclic) bond motifs is 7. The van der Waals surface area contributed by atoms with E-state index in [1.54, 1.807) is 0 Å². The molecule has 240 valence electrons. The summed E-state index contributed by atoms with van der Waals surface area (Å²) < 4.78 is 0. The first-order valence-corrected chi connectivity index (χ1v) is 17.7. The van der Waals surface area contributed by atoms with E-state index < -0.39 is 0 Å². The number of aromatic nitrogens is 2. The molecule has 0 bridgehead atoms. The molecule has 0 saturated heterocycles. The Morgan fingerprint density at radius 1 is 0.373 bits per heavy atom. The number of rotatable bonds is 4. The molecule has 1 aromatic heterocycles. The molecule has 0 amide bonds. The van der Waals surface area contributed by atoms with Crippen LogP contribution in [-0.4, -0.2) is 9.97 Å². The number of nitrogens with zero attached hydrogens (tertiary/aromatic N) is 2. The van der Waals surface area contributed by atoms with Gasteiger partial charge in [-0.3, -0.25) is 0 Å². The van der Waals surface area contributed by atoms with E-state index >= 15 is 0 Å². The molecule has 51 heavy (non-hydrogen) atoms. The molecule has 0 spiro atoms. The van der Waals surface area contributed by atoms with Crippen molar-refractivity contribution in [2.24, 2.45) is 0 Å². The van der Waals surface area contributed by atoms with Crippen molar-refractivity contribution < 1.29 is 0 Å². The smallest absolute Gasteiger partial charge is 0.160 e. The minimum Gasteiger partial charge on any atom is -0.228 e. The Kier molecular flexibility index (Phi) is 6.56. The molecule has 9 aromatic rings. The predicted octanol–water partition coefficient (Wildman–Crippen LogP) is 12.9. The standard InChI is InChI=1S/C49H34N2/c1-49(2)43-23-13-12-21-38(43)39-26-25-34(29-44(39)49)36-19-10-11-22-40(36)45-30-46(51-48(50-45)32-15-4-3-5-16-32)47-37-20-9-7-17-33(37)28-42-35-18-8-6-14-31(35)24-27-41(42)47/h3-30H,1-2H3. The fourth-order valence-corrected chi connectivity index (χ4v) is 8.36. The van der Waals surface area contributed by atoms with Crippen LogP contribution >= 0.6 is 0 Å². The summed E-state index contributed by atoms with van der Waals surface area (Å²) in [6.07, 6.45) is 0. The van der Waals surface area contributed by atoms with Crippen LogP contribution in [0.15, 0.2) is 170 Å². The first kappa shape index (κ1) is 29.5. The summed E-state index contributed by atoms with van der Waals surface area (Å²) in [4.78, 5) is 10.7. The maximum Gasteiger partial charge on any atom is 0.160 e. The molecule has 0 saturated carbocycles. The van der Waals surface area contributed by atoms with Gasteiger partial charge in [-0.15, -0.1) is 0 Å². The highest BCUT2D eigenvalue weighted by atomic mass is 14.9. The molecular weight excluding hydrogens is 617 g/mol. The number of hydrogen-bond donors (Lipinski definition) is 0. The minimum atomic E-state index is -0.0843. The van der Waals surface area contributed by atoms with Crippen molar-refractivity contribution in [1.82, 2.24) is 9.97 Å². The number of benzene rings is 8. The highest BCUT2D eigenvalue weighted by Gasteiger charge is 2.35. The van der Waals surface area contributed by atoms with E-state index in [2.05, 4.69) is 178 Å². The lowest BCUT2D eigenvalue weighted by Gasteiger charge is -2.22. The zero-order valence-corrected chi connectivity index (χ0v) is 28.6. The van der Waals surface area contributed by atoms with Crippen molar-refractivity contribution in [1.29, 1.82) is 0 Å². The summed E-state index contributed by atoms with van der Waals surface area (Å²) in [6.45, 7) is 4.68. The van der Waals surface area contributed by atoms with Crippen LogP contribution in [0.5, 0.6) is 0 Å². The van der Waals surface area contributed by atoms with Gasteiger partial charge in [-0.2, -0.15) is 0 Å². The molecule has 2 heteroatoms. The first-order valence-electron chi connectivity index (χ1n) is 17.7. The molecule has 1 heterocycles. The zero-order chi connectivity index (χ0) is 34.1. The van der Waals surface area contributed by atoms with Crippen LogP contribution in [-0.2, 0) is 5.41 Å². The number of hydrogen-bond acceptors (Lipinski definition) is 2. The molecule has 1 aliphatic rings. The second kappa shape index (κ2) is 11.3. The van der Waals surface area contributed by atoms with E-state index in [-0.39, 0.29) is 5.41 Å². The van der Waals surface area contributed by atoms with Crippen LogP contribution in [0, 0.1) is 0 Å². The Morgan fingerprint density at radius 2 is 1.02 bits per heavy atom. The van der Waals surface area contributed by atoms with Crippen molar-refractivity contribution in [2.45, 2.75) is 19.3 Å². The van der Waals surface area contributed by atoms with E-state index in [1.165, 1.54) is 60.1 Å². The molecule has 0 N–H and O–H groups in total. The second-order valence-electron chi connectivity index (χ2n) is 14.2. The fourth-order valence-electron chi connectivity index (χ4n) is 8.36. The fraction of sp³-hybridized carbons (Fsp3) is 0.0612. The van der Waals surface area contributed by atoms with Crippen molar-refractivity contribution >= 4 is 32.3 Å². The predicted molar refractivity (Wildman–Crippen MR) is 214 cm³/mol. The van der Waals surface area contributed by atoms with Crippen molar-refractivity contribution in [3.63, 3.8) is 0 Å². The monoisotopic (exact) mass is 650 g/mol. The third-order valence-corrected chi connectivity index (χ3v) is 10.9. The van der Waals surface area contributed by atoms with E-state index in [1.807, 2.05) is 6.07 Å². The topological polar surface area (TPSA) is 25.8 Å². The van der Waals surface area contributed by atoms with Gasteiger partial charge in [0.05, 0.1) is 11.4 Å². The van der Waals surface area contributed by atoms with Crippen LogP contribution in [0.1, 0.15) is 25.0 Å². The SMILES string of the molecule is CC1(C)c2ccccc2-c2ccc(-c3ccccc3-c3cc(-c4c5ccccc5cc5c4ccc4ccccc45)nc(-c4ccccc4)n3)cc21. The molecule has 2 nitrogen and oxygen atoms in total. The molecule has 0 aliphatic heterocycles. The average Bonchev–Trinajstić information content (AvgIpc) is 3.42. The van der Waals surface area contributed by atoms with Gasteiger partial charge in [0.25, 0.3) is 0 Å². The van der Waals surface area contributed by atoms with Crippen molar-refractivity contribution in [3.8, 4) is 56.2 Å². The molecule has 8 aromatic carbocycles. The molecular formula is C49H34N2. The van der Waals surface area contributed by atoms with Gasteiger partial charge in [-0.25, -0.2) is 9.97 Å². The molecule has 0 fully saturated rings. The molecule has 1 aliphatic carbocycles. The third-order valence-electron chi connectivity index (χ3n) is 10.9.